The summed E-state index contributed by atoms with van der Waals surface area (Å²) in [6.07, 6.45) is 6.49. The van der Waals surface area contributed by atoms with Crippen molar-refractivity contribution in [3.63, 3.8) is 0 Å². The van der Waals surface area contributed by atoms with E-state index in [1.165, 1.54) is 41.2 Å². The van der Waals surface area contributed by atoms with Gasteiger partial charge < -0.3 is 4.74 Å². The molecule has 3 aromatic carbocycles. The molecule has 1 saturated carbocycles. The average molecular weight is 606 g/mol. The predicted octanol–water partition coefficient (Wildman–Crippen LogP) is 6.48. The van der Waals surface area contributed by atoms with Crippen LogP contribution in [0.3, 0.4) is 0 Å². The second-order valence-electron chi connectivity index (χ2n) is 9.50. The highest BCUT2D eigenvalue weighted by Crippen LogP contribution is 2.37. The molecule has 1 heterocycles. The van der Waals surface area contributed by atoms with Crippen LogP contribution in [0, 0.1) is 20.2 Å². The smallest absolute Gasteiger partial charge is 0.312 e. The highest BCUT2D eigenvalue weighted by molar-refractivity contribution is 9.10. The molecule has 12 heteroatoms. The van der Waals surface area contributed by atoms with Gasteiger partial charge in [-0.2, -0.15) is 9.78 Å². The van der Waals surface area contributed by atoms with E-state index in [4.69, 9.17) is 9.72 Å². The van der Waals surface area contributed by atoms with E-state index in [0.29, 0.717) is 32.3 Å². The number of nitrogens with zero attached hydrogens (tertiary/aromatic N) is 5. The van der Waals surface area contributed by atoms with Crippen LogP contribution in [0.2, 0.25) is 0 Å². The third-order valence-corrected chi connectivity index (χ3v) is 7.43. The van der Waals surface area contributed by atoms with E-state index in [-0.39, 0.29) is 35.2 Å². The maximum Gasteiger partial charge on any atom is 0.312 e. The van der Waals surface area contributed by atoms with Crippen molar-refractivity contribution in [3.05, 3.63) is 113 Å². The molecule has 5 rings (SSSR count). The first-order valence-corrected chi connectivity index (χ1v) is 13.5. The van der Waals surface area contributed by atoms with Crippen LogP contribution in [-0.2, 0) is 6.61 Å². The SMILES string of the molecule is O=c1c2ccccc2nc(C2CCCCC2)n1N=Cc1cc(Br)c(OCc2ccc([N+](=O)[O-])cc2)c([N+](=O)[O-])c1. The molecule has 0 aliphatic heterocycles. The van der Waals surface area contributed by atoms with Crippen LogP contribution < -0.4 is 10.3 Å². The van der Waals surface area contributed by atoms with E-state index in [0.717, 1.165) is 32.1 Å². The Morgan fingerprint density at radius 3 is 2.45 bits per heavy atom. The monoisotopic (exact) mass is 605 g/mol. The molecular formula is C28H24BrN5O6. The maximum absolute atomic E-state index is 13.4. The van der Waals surface area contributed by atoms with E-state index in [1.54, 1.807) is 18.2 Å². The molecule has 0 amide bonds. The van der Waals surface area contributed by atoms with Crippen molar-refractivity contribution < 1.29 is 14.6 Å². The molecule has 1 aliphatic rings. The number of nitro benzene ring substituents is 2. The number of aromatic nitrogens is 2. The van der Waals surface area contributed by atoms with E-state index in [9.17, 15) is 25.0 Å². The van der Waals surface area contributed by atoms with E-state index >= 15 is 0 Å². The summed E-state index contributed by atoms with van der Waals surface area (Å²) in [4.78, 5) is 39.9. The number of para-hydroxylation sites is 1. The van der Waals surface area contributed by atoms with Gasteiger partial charge in [-0.05, 0) is 64.7 Å². The lowest BCUT2D eigenvalue weighted by atomic mass is 9.88. The minimum Gasteiger partial charge on any atom is -0.481 e. The van der Waals surface area contributed by atoms with Crippen molar-refractivity contribution in [2.45, 2.75) is 44.6 Å². The normalized spacial score (nSPS) is 14.0. The Bertz CT molecular complexity index is 1680. The van der Waals surface area contributed by atoms with Crippen LogP contribution in [-0.4, -0.2) is 25.7 Å². The Kier molecular flexibility index (Phi) is 7.96. The summed E-state index contributed by atoms with van der Waals surface area (Å²) in [5.74, 6) is 0.698. The molecule has 0 bridgehead atoms. The lowest BCUT2D eigenvalue weighted by Gasteiger charge is -2.22. The van der Waals surface area contributed by atoms with Gasteiger partial charge >= 0.3 is 5.69 Å². The highest BCUT2D eigenvalue weighted by Gasteiger charge is 2.23. The topological polar surface area (TPSA) is 143 Å². The molecule has 0 N–H and O–H groups in total. The minimum absolute atomic E-state index is 0.00735. The van der Waals surface area contributed by atoms with Crippen molar-refractivity contribution in [3.8, 4) is 5.75 Å². The van der Waals surface area contributed by atoms with Crippen LogP contribution in [0.1, 0.15) is 55.0 Å². The minimum atomic E-state index is -0.565. The van der Waals surface area contributed by atoms with E-state index < -0.39 is 9.85 Å². The van der Waals surface area contributed by atoms with Crippen molar-refractivity contribution >= 4 is 44.4 Å². The Hall–Kier alpha value is -4.45. The van der Waals surface area contributed by atoms with Gasteiger partial charge in [0.25, 0.3) is 11.2 Å². The summed E-state index contributed by atoms with van der Waals surface area (Å²) in [5, 5.41) is 27.7. The molecule has 0 radical (unpaired) electrons. The standard InChI is InChI=1S/C28H24BrN5O6/c29-23-14-19(15-25(34(38)39)26(23)40-17-18-10-12-21(13-11-18)33(36)37)16-30-32-27(20-6-2-1-3-7-20)31-24-9-5-4-8-22(24)28(32)35/h4-5,8-16,20H,1-3,6-7,17H2. The number of rotatable bonds is 8. The quantitative estimate of drug-likeness (QED) is 0.127. The number of halogens is 1. The first kappa shape index (κ1) is 27.1. The van der Waals surface area contributed by atoms with Crippen molar-refractivity contribution in [2.24, 2.45) is 5.10 Å². The Morgan fingerprint density at radius 1 is 1.02 bits per heavy atom. The molecule has 0 spiro atoms. The number of benzene rings is 3. The third-order valence-electron chi connectivity index (χ3n) is 6.84. The molecule has 40 heavy (non-hydrogen) atoms. The van der Waals surface area contributed by atoms with E-state index in [1.807, 2.05) is 12.1 Å². The van der Waals surface area contributed by atoms with Crippen LogP contribution in [0.25, 0.3) is 10.9 Å². The average Bonchev–Trinajstić information content (AvgIpc) is 2.96. The summed E-state index contributed by atoms with van der Waals surface area (Å²) >= 11 is 3.36. The lowest BCUT2D eigenvalue weighted by molar-refractivity contribution is -0.386. The summed E-state index contributed by atoms with van der Waals surface area (Å²) in [6, 6.07) is 15.8. The Labute approximate surface area is 236 Å². The lowest BCUT2D eigenvalue weighted by Crippen LogP contribution is -2.25. The summed E-state index contributed by atoms with van der Waals surface area (Å²) in [5.41, 5.74) is 0.958. The van der Waals surface area contributed by atoms with Gasteiger partial charge in [-0.1, -0.05) is 31.4 Å². The number of ether oxygens (including phenoxy) is 1. The number of hydrogen-bond donors (Lipinski definition) is 0. The Morgan fingerprint density at radius 2 is 1.75 bits per heavy atom. The number of fused-ring (bicyclic) bond motifs is 1. The zero-order chi connectivity index (χ0) is 28.2. The molecule has 1 aliphatic carbocycles. The molecule has 0 atom stereocenters. The molecule has 4 aromatic rings. The van der Waals surface area contributed by atoms with Gasteiger partial charge in [0.2, 0.25) is 5.75 Å². The van der Waals surface area contributed by atoms with Gasteiger partial charge in [0, 0.05) is 29.7 Å². The molecular weight excluding hydrogens is 582 g/mol. The van der Waals surface area contributed by atoms with Crippen LogP contribution in [0.5, 0.6) is 5.75 Å². The summed E-state index contributed by atoms with van der Waals surface area (Å²) in [6.45, 7) is -0.0340. The van der Waals surface area contributed by atoms with Crippen LogP contribution in [0.15, 0.2) is 75.0 Å². The van der Waals surface area contributed by atoms with Gasteiger partial charge in [0.05, 0.1) is 31.4 Å². The molecule has 1 fully saturated rings. The van der Waals surface area contributed by atoms with Gasteiger partial charge in [0.1, 0.15) is 12.4 Å². The molecule has 0 saturated heterocycles. The maximum atomic E-state index is 13.4. The number of non-ortho nitro benzene ring substituents is 1. The molecule has 1 aromatic heterocycles. The highest BCUT2D eigenvalue weighted by atomic mass is 79.9. The summed E-state index contributed by atoms with van der Waals surface area (Å²) in [7, 11) is 0. The van der Waals surface area contributed by atoms with Crippen molar-refractivity contribution in [2.75, 3.05) is 0 Å². The first-order chi connectivity index (χ1) is 19.3. The number of hydrogen-bond acceptors (Lipinski definition) is 8. The third kappa shape index (κ3) is 5.76. The zero-order valence-corrected chi connectivity index (χ0v) is 22.8. The molecule has 0 unspecified atom stereocenters. The van der Waals surface area contributed by atoms with E-state index in [2.05, 4.69) is 21.0 Å². The van der Waals surface area contributed by atoms with Crippen LogP contribution in [0.4, 0.5) is 11.4 Å². The fourth-order valence-electron chi connectivity index (χ4n) is 4.82. The second-order valence-corrected chi connectivity index (χ2v) is 10.4. The van der Waals surface area contributed by atoms with Gasteiger partial charge in [0.15, 0.2) is 0 Å². The predicted molar refractivity (Wildman–Crippen MR) is 153 cm³/mol. The summed E-state index contributed by atoms with van der Waals surface area (Å²) < 4.78 is 7.37. The number of nitro groups is 2. The van der Waals surface area contributed by atoms with Crippen molar-refractivity contribution in [1.29, 1.82) is 0 Å². The molecule has 11 nitrogen and oxygen atoms in total. The van der Waals surface area contributed by atoms with Gasteiger partial charge in [-0.15, -0.1) is 0 Å². The van der Waals surface area contributed by atoms with Gasteiger partial charge in [-0.3, -0.25) is 25.0 Å². The first-order valence-electron chi connectivity index (χ1n) is 12.7. The Balaban J connectivity index is 1.47. The zero-order valence-electron chi connectivity index (χ0n) is 21.2. The molecule has 204 valence electrons. The van der Waals surface area contributed by atoms with Gasteiger partial charge in [-0.25, -0.2) is 4.98 Å². The fourth-order valence-corrected chi connectivity index (χ4v) is 5.41. The van der Waals surface area contributed by atoms with Crippen LogP contribution >= 0.6 is 15.9 Å². The fraction of sp³-hybridized carbons (Fsp3) is 0.250. The second kappa shape index (κ2) is 11.7. The van der Waals surface area contributed by atoms with Crippen molar-refractivity contribution in [1.82, 2.24) is 9.66 Å². The largest absolute Gasteiger partial charge is 0.481 e.